The molecular weight excluding hydrogens is 326 g/mol. The predicted molar refractivity (Wildman–Crippen MR) is 98.2 cm³/mol. The van der Waals surface area contributed by atoms with Crippen LogP contribution in [0.15, 0.2) is 55.1 Å². The maximum absolute atomic E-state index is 12.8. The van der Waals surface area contributed by atoms with Crippen LogP contribution >= 0.6 is 0 Å². The summed E-state index contributed by atoms with van der Waals surface area (Å²) in [7, 11) is 0. The summed E-state index contributed by atoms with van der Waals surface area (Å²) in [6.45, 7) is 3.40. The van der Waals surface area contributed by atoms with E-state index >= 15 is 0 Å². The number of hydrogen-bond donors (Lipinski definition) is 0. The molecule has 0 bridgehead atoms. The number of likely N-dealkylation sites (tertiary alicyclic amines) is 1. The maximum Gasteiger partial charge on any atom is 0.253 e. The SMILES string of the molecule is Cc1nccn1-c1cncc([C@H]2CCCN(C(=O)c3ccccc3)C2)n1. The fourth-order valence-corrected chi connectivity index (χ4v) is 3.47. The highest BCUT2D eigenvalue weighted by atomic mass is 16.2. The molecule has 0 spiro atoms. The molecule has 132 valence electrons. The van der Waals surface area contributed by atoms with E-state index in [2.05, 4.69) is 9.97 Å². The zero-order valence-corrected chi connectivity index (χ0v) is 14.7. The van der Waals surface area contributed by atoms with Crippen molar-refractivity contribution in [2.24, 2.45) is 0 Å². The monoisotopic (exact) mass is 347 g/mol. The molecule has 6 nitrogen and oxygen atoms in total. The lowest BCUT2D eigenvalue weighted by atomic mass is 9.94. The van der Waals surface area contributed by atoms with Crippen molar-refractivity contribution in [3.8, 4) is 5.82 Å². The first-order valence-electron chi connectivity index (χ1n) is 8.89. The second-order valence-electron chi connectivity index (χ2n) is 6.60. The van der Waals surface area contributed by atoms with Gasteiger partial charge in [-0.3, -0.25) is 14.3 Å². The lowest BCUT2D eigenvalue weighted by Gasteiger charge is -2.32. The normalized spacial score (nSPS) is 17.3. The van der Waals surface area contributed by atoms with Crippen molar-refractivity contribution in [3.63, 3.8) is 0 Å². The van der Waals surface area contributed by atoms with Crippen LogP contribution in [-0.4, -0.2) is 43.4 Å². The second-order valence-corrected chi connectivity index (χ2v) is 6.60. The van der Waals surface area contributed by atoms with Gasteiger partial charge in [0, 0.05) is 43.2 Å². The number of aryl methyl sites for hydroxylation is 1. The molecule has 0 N–H and O–H groups in total. The van der Waals surface area contributed by atoms with Crippen molar-refractivity contribution in [1.82, 2.24) is 24.4 Å². The summed E-state index contributed by atoms with van der Waals surface area (Å²) in [4.78, 5) is 28.1. The summed E-state index contributed by atoms with van der Waals surface area (Å²) in [6.07, 6.45) is 9.18. The van der Waals surface area contributed by atoms with Gasteiger partial charge in [-0.05, 0) is 31.9 Å². The van der Waals surface area contributed by atoms with E-state index in [1.54, 1.807) is 12.4 Å². The fourth-order valence-electron chi connectivity index (χ4n) is 3.47. The van der Waals surface area contributed by atoms with Gasteiger partial charge in [0.25, 0.3) is 5.91 Å². The molecule has 0 radical (unpaired) electrons. The molecule has 3 heterocycles. The number of aromatic nitrogens is 4. The van der Waals surface area contributed by atoms with Gasteiger partial charge in [-0.15, -0.1) is 0 Å². The summed E-state index contributed by atoms with van der Waals surface area (Å²) >= 11 is 0. The molecule has 1 amide bonds. The molecular formula is C20H21N5O. The van der Waals surface area contributed by atoms with E-state index in [9.17, 15) is 4.79 Å². The van der Waals surface area contributed by atoms with Gasteiger partial charge in [-0.1, -0.05) is 18.2 Å². The zero-order chi connectivity index (χ0) is 17.9. The fraction of sp³-hybridized carbons (Fsp3) is 0.300. The first kappa shape index (κ1) is 16.4. The molecule has 0 aliphatic carbocycles. The van der Waals surface area contributed by atoms with Crippen LogP contribution in [0.4, 0.5) is 0 Å². The average molecular weight is 347 g/mol. The predicted octanol–water partition coefficient (Wildman–Crippen LogP) is 2.99. The van der Waals surface area contributed by atoms with Crippen molar-refractivity contribution in [3.05, 3.63) is 72.2 Å². The molecule has 26 heavy (non-hydrogen) atoms. The minimum Gasteiger partial charge on any atom is -0.338 e. The van der Waals surface area contributed by atoms with E-state index in [0.29, 0.717) is 6.54 Å². The highest BCUT2D eigenvalue weighted by Crippen LogP contribution is 2.26. The first-order valence-corrected chi connectivity index (χ1v) is 8.89. The Morgan fingerprint density at radius 2 is 2.04 bits per heavy atom. The van der Waals surface area contributed by atoms with Gasteiger partial charge in [-0.2, -0.15) is 0 Å². The molecule has 1 aliphatic rings. The van der Waals surface area contributed by atoms with Crippen LogP contribution in [0.2, 0.25) is 0 Å². The van der Waals surface area contributed by atoms with E-state index < -0.39 is 0 Å². The van der Waals surface area contributed by atoms with Gasteiger partial charge < -0.3 is 4.90 Å². The van der Waals surface area contributed by atoms with Crippen LogP contribution < -0.4 is 0 Å². The van der Waals surface area contributed by atoms with Crippen molar-refractivity contribution in [2.75, 3.05) is 13.1 Å². The van der Waals surface area contributed by atoms with Crippen molar-refractivity contribution in [2.45, 2.75) is 25.7 Å². The molecule has 0 saturated carbocycles. The van der Waals surface area contributed by atoms with Gasteiger partial charge in [0.2, 0.25) is 0 Å². The molecule has 1 aliphatic heterocycles. The Morgan fingerprint density at radius 3 is 2.81 bits per heavy atom. The van der Waals surface area contributed by atoms with Crippen LogP contribution in [0.1, 0.15) is 40.6 Å². The Hall–Kier alpha value is -3.02. The van der Waals surface area contributed by atoms with Crippen LogP contribution in [0.5, 0.6) is 0 Å². The van der Waals surface area contributed by atoms with Crippen molar-refractivity contribution < 1.29 is 4.79 Å². The lowest BCUT2D eigenvalue weighted by Crippen LogP contribution is -2.39. The Morgan fingerprint density at radius 1 is 1.19 bits per heavy atom. The number of piperidine rings is 1. The van der Waals surface area contributed by atoms with E-state index in [1.165, 1.54) is 0 Å². The van der Waals surface area contributed by atoms with Crippen LogP contribution in [0, 0.1) is 6.92 Å². The minimum atomic E-state index is 0.0878. The van der Waals surface area contributed by atoms with Gasteiger partial charge in [0.1, 0.15) is 5.82 Å². The molecule has 2 aromatic heterocycles. The number of benzene rings is 1. The molecule has 1 atom stereocenters. The summed E-state index contributed by atoms with van der Waals surface area (Å²) in [5.41, 5.74) is 1.67. The summed E-state index contributed by atoms with van der Waals surface area (Å²) in [5, 5.41) is 0. The molecule has 3 aromatic rings. The number of carbonyl (C=O) groups is 1. The Bertz CT molecular complexity index is 905. The molecule has 1 saturated heterocycles. The van der Waals surface area contributed by atoms with E-state index in [-0.39, 0.29) is 11.8 Å². The number of carbonyl (C=O) groups excluding carboxylic acids is 1. The first-order chi connectivity index (χ1) is 12.7. The summed E-state index contributed by atoms with van der Waals surface area (Å²) in [5.74, 6) is 1.93. The van der Waals surface area contributed by atoms with Crippen molar-refractivity contribution >= 4 is 5.91 Å². The summed E-state index contributed by atoms with van der Waals surface area (Å²) < 4.78 is 1.92. The number of nitrogens with zero attached hydrogens (tertiary/aromatic N) is 5. The highest BCUT2D eigenvalue weighted by Gasteiger charge is 2.26. The molecule has 4 rings (SSSR count). The standard InChI is InChI=1S/C20H21N5O/c1-15-22-9-11-25(15)19-13-21-12-18(23-19)17-8-5-10-24(14-17)20(26)16-6-3-2-4-7-16/h2-4,6-7,9,11-13,17H,5,8,10,14H2,1H3/t17-/m0/s1. The third kappa shape index (κ3) is 3.22. The minimum absolute atomic E-state index is 0.0878. The Balaban J connectivity index is 1.55. The maximum atomic E-state index is 12.8. The summed E-state index contributed by atoms with van der Waals surface area (Å²) in [6, 6.07) is 9.46. The van der Waals surface area contributed by atoms with E-state index in [1.807, 2.05) is 59.1 Å². The number of hydrogen-bond acceptors (Lipinski definition) is 4. The number of amides is 1. The third-order valence-electron chi connectivity index (χ3n) is 4.86. The van der Waals surface area contributed by atoms with E-state index in [4.69, 9.17) is 4.98 Å². The lowest BCUT2D eigenvalue weighted by molar-refractivity contribution is 0.0706. The Kier molecular flexibility index (Phi) is 4.48. The Labute approximate surface area is 152 Å². The molecule has 6 heteroatoms. The molecule has 1 fully saturated rings. The highest BCUT2D eigenvalue weighted by molar-refractivity contribution is 5.94. The number of rotatable bonds is 3. The molecule has 0 unspecified atom stereocenters. The molecule has 1 aromatic carbocycles. The third-order valence-corrected chi connectivity index (χ3v) is 4.86. The topological polar surface area (TPSA) is 63.9 Å². The second kappa shape index (κ2) is 7.07. The van der Waals surface area contributed by atoms with Crippen LogP contribution in [0.3, 0.4) is 0 Å². The van der Waals surface area contributed by atoms with Crippen LogP contribution in [0.25, 0.3) is 5.82 Å². The van der Waals surface area contributed by atoms with Crippen molar-refractivity contribution in [1.29, 1.82) is 0 Å². The number of imidazole rings is 1. The van der Waals surface area contributed by atoms with Gasteiger partial charge in [-0.25, -0.2) is 9.97 Å². The zero-order valence-electron chi connectivity index (χ0n) is 14.7. The van der Waals surface area contributed by atoms with Gasteiger partial charge in [0.05, 0.1) is 11.9 Å². The van der Waals surface area contributed by atoms with Gasteiger partial charge in [0.15, 0.2) is 5.82 Å². The van der Waals surface area contributed by atoms with Crippen LogP contribution in [-0.2, 0) is 0 Å². The average Bonchev–Trinajstić information content (AvgIpc) is 3.14. The van der Waals surface area contributed by atoms with E-state index in [0.717, 1.165) is 42.3 Å². The largest absolute Gasteiger partial charge is 0.338 e. The quantitative estimate of drug-likeness (QED) is 0.731. The van der Waals surface area contributed by atoms with Gasteiger partial charge >= 0.3 is 0 Å². The smallest absolute Gasteiger partial charge is 0.253 e.